The number of rotatable bonds is 7. The second-order valence-corrected chi connectivity index (χ2v) is 3.82. The topological polar surface area (TPSA) is 42.1 Å². The number of hydrogen-bond acceptors (Lipinski definition) is 4. The largest absolute Gasteiger partial charge is 0.461 e. The Labute approximate surface area is 109 Å². The Balaban J connectivity index is 0.000000419. The van der Waals surface area contributed by atoms with E-state index < -0.39 is 0 Å². The second-order valence-electron chi connectivity index (χ2n) is 3.51. The van der Waals surface area contributed by atoms with Crippen molar-refractivity contribution in [1.29, 1.82) is 0 Å². The first-order chi connectivity index (χ1) is 8.17. The summed E-state index contributed by atoms with van der Waals surface area (Å²) in [7, 11) is 0. The molecule has 5 heteroatoms. The highest BCUT2D eigenvalue weighted by Crippen LogP contribution is 2.08. The third-order valence-corrected chi connectivity index (χ3v) is 2.63. The molecule has 17 heavy (non-hydrogen) atoms. The van der Waals surface area contributed by atoms with Crippen molar-refractivity contribution in [2.45, 2.75) is 20.0 Å². The van der Waals surface area contributed by atoms with Crippen LogP contribution in [0.4, 0.5) is 0 Å². The van der Waals surface area contributed by atoms with Crippen LogP contribution in [0.1, 0.15) is 13.8 Å². The molecule has 0 aromatic carbocycles. The van der Waals surface area contributed by atoms with Gasteiger partial charge in [0, 0.05) is 12.6 Å². The quantitative estimate of drug-likeness (QED) is 0.303. The van der Waals surface area contributed by atoms with E-state index >= 15 is 0 Å². The van der Waals surface area contributed by atoms with Gasteiger partial charge in [-0.05, 0) is 13.1 Å². The smallest absolute Gasteiger partial charge is 0.330 e. The van der Waals surface area contributed by atoms with Gasteiger partial charge in [0.25, 0.3) is 0 Å². The van der Waals surface area contributed by atoms with Gasteiger partial charge in [-0.3, -0.25) is 0 Å². The summed E-state index contributed by atoms with van der Waals surface area (Å²) >= 11 is 5.27. The van der Waals surface area contributed by atoms with Crippen molar-refractivity contribution in [3.63, 3.8) is 0 Å². The zero-order chi connectivity index (χ0) is 13.1. The Morgan fingerprint density at radius 2 is 2.18 bits per heavy atom. The highest BCUT2D eigenvalue weighted by atomic mass is 35.5. The van der Waals surface area contributed by atoms with Crippen LogP contribution in [0, 0.1) is 0 Å². The van der Waals surface area contributed by atoms with Gasteiger partial charge in [-0.1, -0.05) is 20.4 Å². The van der Waals surface area contributed by atoms with Crippen molar-refractivity contribution in [3.8, 4) is 0 Å². The van der Waals surface area contributed by atoms with Crippen LogP contribution in [0.3, 0.4) is 0 Å². The summed E-state index contributed by atoms with van der Waals surface area (Å²) in [5, 5.41) is 0. The average Bonchev–Trinajstić information content (AvgIpc) is 3.19. The highest BCUT2D eigenvalue weighted by molar-refractivity contribution is 6.18. The van der Waals surface area contributed by atoms with Crippen LogP contribution in [-0.2, 0) is 14.3 Å². The Kier molecular flexibility index (Phi) is 10.2. The van der Waals surface area contributed by atoms with Gasteiger partial charge in [-0.2, -0.15) is 0 Å². The molecule has 100 valence electrons. The standard InChI is InChI=1S/C9H17NO2.C3H5ClO/c1-4-9(11)12-8-7-10(5-2)6-3;4-1-3-2-5-3/h4H,1,5-8H2,2-3H3;3H,1-2H2. The number of nitrogens with zero attached hydrogens (tertiary/aromatic N) is 1. The minimum atomic E-state index is -0.345. The van der Waals surface area contributed by atoms with Crippen LogP contribution in [0.25, 0.3) is 0 Å². The minimum Gasteiger partial charge on any atom is -0.461 e. The Bertz CT molecular complexity index is 216. The zero-order valence-electron chi connectivity index (χ0n) is 10.7. The van der Waals surface area contributed by atoms with Crippen molar-refractivity contribution < 1.29 is 14.3 Å². The number of ether oxygens (including phenoxy) is 2. The monoisotopic (exact) mass is 263 g/mol. The molecule has 1 fully saturated rings. The molecule has 0 aromatic heterocycles. The maximum Gasteiger partial charge on any atom is 0.330 e. The van der Waals surface area contributed by atoms with Crippen LogP contribution in [0.2, 0.25) is 0 Å². The molecule has 0 aromatic rings. The lowest BCUT2D eigenvalue weighted by molar-refractivity contribution is -0.138. The summed E-state index contributed by atoms with van der Waals surface area (Å²) in [5.74, 6) is 0.321. The van der Waals surface area contributed by atoms with Gasteiger partial charge in [-0.15, -0.1) is 11.6 Å². The van der Waals surface area contributed by atoms with E-state index in [1.54, 1.807) is 0 Å². The van der Waals surface area contributed by atoms with E-state index in [2.05, 4.69) is 25.3 Å². The Morgan fingerprint density at radius 1 is 1.59 bits per heavy atom. The van der Waals surface area contributed by atoms with E-state index in [-0.39, 0.29) is 5.97 Å². The van der Waals surface area contributed by atoms with E-state index in [0.717, 1.165) is 26.2 Å². The van der Waals surface area contributed by atoms with Crippen LogP contribution >= 0.6 is 11.6 Å². The molecule has 4 nitrogen and oxygen atoms in total. The Hall–Kier alpha value is -0.580. The van der Waals surface area contributed by atoms with E-state index in [1.165, 1.54) is 6.08 Å². The van der Waals surface area contributed by atoms with Crippen LogP contribution < -0.4 is 0 Å². The third kappa shape index (κ3) is 10.3. The lowest BCUT2D eigenvalue weighted by Crippen LogP contribution is -2.27. The number of esters is 1. The van der Waals surface area contributed by atoms with Crippen LogP contribution in [0.15, 0.2) is 12.7 Å². The Morgan fingerprint density at radius 3 is 2.47 bits per heavy atom. The molecule has 1 heterocycles. The molecule has 1 aliphatic rings. The van der Waals surface area contributed by atoms with Gasteiger partial charge in [0.1, 0.15) is 6.61 Å². The lowest BCUT2D eigenvalue weighted by Gasteiger charge is -2.16. The van der Waals surface area contributed by atoms with Gasteiger partial charge < -0.3 is 14.4 Å². The van der Waals surface area contributed by atoms with E-state index in [4.69, 9.17) is 21.1 Å². The number of carbonyl (C=O) groups excluding carboxylic acids is 1. The molecule has 0 N–H and O–H groups in total. The number of alkyl halides is 1. The molecule has 1 aliphatic heterocycles. The normalized spacial score (nSPS) is 17.1. The fraction of sp³-hybridized carbons (Fsp3) is 0.750. The zero-order valence-corrected chi connectivity index (χ0v) is 11.4. The number of likely N-dealkylation sites (N-methyl/N-ethyl adjacent to an activating group) is 1. The van der Waals surface area contributed by atoms with Gasteiger partial charge in [0.05, 0.1) is 18.6 Å². The molecule has 0 radical (unpaired) electrons. The van der Waals surface area contributed by atoms with Crippen molar-refractivity contribution in [3.05, 3.63) is 12.7 Å². The number of hydrogen-bond donors (Lipinski definition) is 0. The van der Waals surface area contributed by atoms with Crippen molar-refractivity contribution in [1.82, 2.24) is 4.90 Å². The molecule has 1 saturated heterocycles. The molecule has 1 rings (SSSR count). The highest BCUT2D eigenvalue weighted by Gasteiger charge is 2.19. The molecule has 0 bridgehead atoms. The van der Waals surface area contributed by atoms with E-state index in [9.17, 15) is 4.79 Å². The molecule has 0 saturated carbocycles. The van der Waals surface area contributed by atoms with Gasteiger partial charge in [-0.25, -0.2) is 4.79 Å². The summed E-state index contributed by atoms with van der Waals surface area (Å²) < 4.78 is 9.55. The fourth-order valence-electron chi connectivity index (χ4n) is 1.03. The first-order valence-electron chi connectivity index (χ1n) is 5.86. The van der Waals surface area contributed by atoms with Crippen LogP contribution in [-0.4, -0.2) is 55.7 Å². The van der Waals surface area contributed by atoms with Crippen LogP contribution in [0.5, 0.6) is 0 Å². The predicted octanol–water partition coefficient (Wildman–Crippen LogP) is 1.68. The van der Waals surface area contributed by atoms with Gasteiger partial charge in [0.2, 0.25) is 0 Å². The van der Waals surface area contributed by atoms with Gasteiger partial charge >= 0.3 is 5.97 Å². The van der Waals surface area contributed by atoms with Crippen molar-refractivity contribution >= 4 is 17.6 Å². The number of carbonyl (C=O) groups is 1. The molecular formula is C12H22ClNO3. The van der Waals surface area contributed by atoms with Crippen molar-refractivity contribution in [2.24, 2.45) is 0 Å². The first-order valence-corrected chi connectivity index (χ1v) is 6.40. The number of halogens is 1. The first kappa shape index (κ1) is 16.4. The summed E-state index contributed by atoms with van der Waals surface area (Å²) in [6.45, 7) is 11.6. The summed E-state index contributed by atoms with van der Waals surface area (Å²) in [5.41, 5.74) is 0. The van der Waals surface area contributed by atoms with E-state index in [1.807, 2.05) is 0 Å². The van der Waals surface area contributed by atoms with Crippen molar-refractivity contribution in [2.75, 3.05) is 38.7 Å². The average molecular weight is 264 g/mol. The van der Waals surface area contributed by atoms with E-state index in [0.29, 0.717) is 18.6 Å². The maximum absolute atomic E-state index is 10.6. The molecule has 0 aliphatic carbocycles. The summed E-state index contributed by atoms with van der Waals surface area (Å²) in [6.07, 6.45) is 1.58. The molecule has 0 amide bonds. The molecule has 0 spiro atoms. The third-order valence-electron chi connectivity index (χ3n) is 2.29. The second kappa shape index (κ2) is 10.6. The SMILES string of the molecule is C=CC(=O)OCCN(CC)CC.ClCC1CO1. The molecule has 1 unspecified atom stereocenters. The molecule has 1 atom stereocenters. The van der Waals surface area contributed by atoms with Gasteiger partial charge in [0.15, 0.2) is 0 Å². The lowest BCUT2D eigenvalue weighted by atomic mass is 10.5. The summed E-state index contributed by atoms with van der Waals surface area (Å²) in [6, 6.07) is 0. The minimum absolute atomic E-state index is 0.345. The predicted molar refractivity (Wildman–Crippen MR) is 69.4 cm³/mol. The number of epoxide rings is 1. The fourth-order valence-corrected chi connectivity index (χ4v) is 1.21. The summed E-state index contributed by atoms with van der Waals surface area (Å²) in [4.78, 5) is 12.8. The maximum atomic E-state index is 10.6. The molecular weight excluding hydrogens is 242 g/mol.